The number of alkyl halides is 1. The van der Waals surface area contributed by atoms with E-state index in [1.54, 1.807) is 0 Å². The van der Waals surface area contributed by atoms with Crippen molar-refractivity contribution in [2.24, 2.45) is 0 Å². The SMILES string of the molecule is COC(=O)C1C(F)C(OC)CN1C(=O)O. The molecule has 1 N–H and O–H groups in total. The highest BCUT2D eigenvalue weighted by Gasteiger charge is 2.49. The molecule has 0 spiro atoms. The normalized spacial score (nSPS) is 30.3. The van der Waals surface area contributed by atoms with Gasteiger partial charge in [-0.2, -0.15) is 0 Å². The number of rotatable bonds is 2. The van der Waals surface area contributed by atoms with Crippen LogP contribution in [0.4, 0.5) is 9.18 Å². The van der Waals surface area contributed by atoms with Crippen LogP contribution in [0.5, 0.6) is 0 Å². The quantitative estimate of drug-likeness (QED) is 0.657. The van der Waals surface area contributed by atoms with Crippen LogP contribution < -0.4 is 0 Å². The number of halogens is 1. The zero-order chi connectivity index (χ0) is 11.6. The molecule has 1 heterocycles. The molecule has 0 radical (unpaired) electrons. The zero-order valence-corrected chi connectivity index (χ0v) is 8.34. The minimum Gasteiger partial charge on any atom is -0.467 e. The van der Waals surface area contributed by atoms with E-state index < -0.39 is 30.4 Å². The van der Waals surface area contributed by atoms with Gasteiger partial charge in [-0.15, -0.1) is 0 Å². The van der Waals surface area contributed by atoms with Gasteiger partial charge in [0.1, 0.15) is 6.10 Å². The fourth-order valence-corrected chi connectivity index (χ4v) is 1.56. The molecule has 1 fully saturated rings. The van der Waals surface area contributed by atoms with Crippen molar-refractivity contribution in [3.63, 3.8) is 0 Å². The average molecular weight is 221 g/mol. The third-order valence-corrected chi connectivity index (χ3v) is 2.36. The van der Waals surface area contributed by atoms with Crippen molar-refractivity contribution in [2.45, 2.75) is 18.3 Å². The van der Waals surface area contributed by atoms with Gasteiger partial charge < -0.3 is 14.6 Å². The van der Waals surface area contributed by atoms with Gasteiger partial charge in [-0.05, 0) is 0 Å². The van der Waals surface area contributed by atoms with Gasteiger partial charge in [0.25, 0.3) is 0 Å². The van der Waals surface area contributed by atoms with E-state index in [9.17, 15) is 14.0 Å². The molecule has 3 unspecified atom stereocenters. The number of amides is 1. The fraction of sp³-hybridized carbons (Fsp3) is 0.750. The summed E-state index contributed by atoms with van der Waals surface area (Å²) in [5.41, 5.74) is 0. The average Bonchev–Trinajstić information content (AvgIpc) is 2.54. The molecular formula is C8H12FNO5. The van der Waals surface area contributed by atoms with E-state index in [0.717, 1.165) is 7.11 Å². The van der Waals surface area contributed by atoms with Crippen LogP contribution >= 0.6 is 0 Å². The van der Waals surface area contributed by atoms with E-state index in [-0.39, 0.29) is 6.54 Å². The van der Waals surface area contributed by atoms with Crippen molar-refractivity contribution in [3.05, 3.63) is 0 Å². The van der Waals surface area contributed by atoms with E-state index in [4.69, 9.17) is 9.84 Å². The van der Waals surface area contributed by atoms with Gasteiger partial charge in [-0.25, -0.2) is 14.0 Å². The molecule has 1 rings (SSSR count). The highest BCUT2D eigenvalue weighted by molar-refractivity contribution is 5.82. The summed E-state index contributed by atoms with van der Waals surface area (Å²) in [5, 5.41) is 8.76. The molecule has 0 aromatic carbocycles. The first-order valence-electron chi connectivity index (χ1n) is 4.27. The number of likely N-dealkylation sites (tertiary alicyclic amines) is 1. The third-order valence-electron chi connectivity index (χ3n) is 2.36. The van der Waals surface area contributed by atoms with Gasteiger partial charge >= 0.3 is 12.1 Å². The molecule has 0 aliphatic carbocycles. The number of ether oxygens (including phenoxy) is 2. The minimum atomic E-state index is -1.70. The molecule has 0 aromatic heterocycles. The Bertz CT molecular complexity index is 272. The van der Waals surface area contributed by atoms with Gasteiger partial charge in [0.15, 0.2) is 12.2 Å². The van der Waals surface area contributed by atoms with Crippen molar-refractivity contribution in [2.75, 3.05) is 20.8 Å². The van der Waals surface area contributed by atoms with Crippen LogP contribution in [0.25, 0.3) is 0 Å². The predicted molar refractivity (Wildman–Crippen MR) is 46.2 cm³/mol. The van der Waals surface area contributed by atoms with Crippen LogP contribution in [0.2, 0.25) is 0 Å². The molecule has 6 nitrogen and oxygen atoms in total. The standard InChI is InChI=1S/C8H12FNO5/c1-14-4-3-10(8(12)13)6(5(4)9)7(11)15-2/h4-6H,3H2,1-2H3,(H,12,13). The molecule has 15 heavy (non-hydrogen) atoms. The van der Waals surface area contributed by atoms with Crippen molar-refractivity contribution < 1.29 is 28.6 Å². The molecule has 1 saturated heterocycles. The van der Waals surface area contributed by atoms with Crippen molar-refractivity contribution >= 4 is 12.1 Å². The van der Waals surface area contributed by atoms with Crippen LogP contribution in [0, 0.1) is 0 Å². The van der Waals surface area contributed by atoms with Gasteiger partial charge in [0.2, 0.25) is 0 Å². The monoisotopic (exact) mass is 221 g/mol. The number of methoxy groups -OCH3 is 2. The second kappa shape index (κ2) is 4.43. The summed E-state index contributed by atoms with van der Waals surface area (Å²) in [6.07, 6.45) is -3.99. The first kappa shape index (κ1) is 11.7. The summed E-state index contributed by atoms with van der Waals surface area (Å²) in [6, 6.07) is -1.43. The van der Waals surface area contributed by atoms with Gasteiger partial charge in [0.05, 0.1) is 13.7 Å². The Labute approximate surface area is 85.6 Å². The lowest BCUT2D eigenvalue weighted by Crippen LogP contribution is -2.44. The summed E-state index contributed by atoms with van der Waals surface area (Å²) in [6.45, 7) is -0.174. The van der Waals surface area contributed by atoms with Crippen molar-refractivity contribution in [1.29, 1.82) is 0 Å². The second-order valence-electron chi connectivity index (χ2n) is 3.12. The van der Waals surface area contributed by atoms with Crippen LogP contribution in [-0.2, 0) is 14.3 Å². The largest absolute Gasteiger partial charge is 0.467 e. The number of carboxylic acid groups (broad SMARTS) is 1. The smallest absolute Gasteiger partial charge is 0.408 e. The van der Waals surface area contributed by atoms with E-state index in [1.165, 1.54) is 7.11 Å². The highest BCUT2D eigenvalue weighted by Crippen LogP contribution is 2.24. The maximum absolute atomic E-state index is 13.6. The Morgan fingerprint density at radius 1 is 1.47 bits per heavy atom. The molecule has 7 heteroatoms. The van der Waals surface area contributed by atoms with E-state index >= 15 is 0 Å². The highest BCUT2D eigenvalue weighted by atomic mass is 19.1. The molecule has 3 atom stereocenters. The number of carbonyl (C=O) groups excluding carboxylic acids is 1. The van der Waals surface area contributed by atoms with Gasteiger partial charge in [-0.1, -0.05) is 0 Å². The summed E-state index contributed by atoms with van der Waals surface area (Å²) < 4.78 is 22.6. The van der Waals surface area contributed by atoms with Crippen molar-refractivity contribution in [1.82, 2.24) is 4.90 Å². The molecular weight excluding hydrogens is 209 g/mol. The second-order valence-corrected chi connectivity index (χ2v) is 3.12. The maximum Gasteiger partial charge on any atom is 0.408 e. The number of hydrogen-bond donors (Lipinski definition) is 1. The lowest BCUT2D eigenvalue weighted by molar-refractivity contribution is -0.147. The summed E-state index contributed by atoms with van der Waals surface area (Å²) in [5.74, 6) is -0.913. The number of carbonyl (C=O) groups is 2. The molecule has 1 aliphatic rings. The first-order chi connectivity index (χ1) is 7.02. The van der Waals surface area contributed by atoms with Gasteiger partial charge in [0, 0.05) is 7.11 Å². The summed E-state index contributed by atoms with van der Waals surface area (Å²) in [7, 11) is 2.34. The summed E-state index contributed by atoms with van der Waals surface area (Å²) in [4.78, 5) is 22.6. The Kier molecular flexibility index (Phi) is 3.46. The number of hydrogen-bond acceptors (Lipinski definition) is 4. The molecule has 1 amide bonds. The molecule has 0 aromatic rings. The van der Waals surface area contributed by atoms with Crippen LogP contribution in [0.1, 0.15) is 0 Å². The third kappa shape index (κ3) is 2.01. The maximum atomic E-state index is 13.6. The lowest BCUT2D eigenvalue weighted by Gasteiger charge is -2.19. The molecule has 0 bridgehead atoms. The van der Waals surface area contributed by atoms with Crippen LogP contribution in [0.3, 0.4) is 0 Å². The zero-order valence-electron chi connectivity index (χ0n) is 8.34. The lowest BCUT2D eigenvalue weighted by atomic mass is 10.1. The number of esters is 1. The predicted octanol–water partition coefficient (Wildman–Crippen LogP) is -0.125. The van der Waals surface area contributed by atoms with Crippen LogP contribution in [-0.4, -0.2) is 61.2 Å². The Balaban J connectivity index is 2.88. The fourth-order valence-electron chi connectivity index (χ4n) is 1.56. The van der Waals surface area contributed by atoms with E-state index in [2.05, 4.69) is 4.74 Å². The van der Waals surface area contributed by atoms with E-state index in [1.807, 2.05) is 0 Å². The first-order valence-corrected chi connectivity index (χ1v) is 4.27. The van der Waals surface area contributed by atoms with Gasteiger partial charge in [-0.3, -0.25) is 4.90 Å². The number of nitrogens with zero attached hydrogens (tertiary/aromatic N) is 1. The van der Waals surface area contributed by atoms with Crippen molar-refractivity contribution in [3.8, 4) is 0 Å². The molecule has 1 aliphatic heterocycles. The Hall–Kier alpha value is -1.37. The topological polar surface area (TPSA) is 76.1 Å². The Morgan fingerprint density at radius 2 is 2.07 bits per heavy atom. The Morgan fingerprint density at radius 3 is 2.47 bits per heavy atom. The summed E-state index contributed by atoms with van der Waals surface area (Å²) >= 11 is 0. The minimum absolute atomic E-state index is 0.174. The molecule has 86 valence electrons. The molecule has 0 saturated carbocycles. The van der Waals surface area contributed by atoms with E-state index in [0.29, 0.717) is 4.90 Å². The van der Waals surface area contributed by atoms with Crippen LogP contribution in [0.15, 0.2) is 0 Å².